The minimum absolute atomic E-state index is 0.184. The van der Waals surface area contributed by atoms with Gasteiger partial charge in [0.15, 0.2) is 0 Å². The molecule has 1 aliphatic rings. The Balaban J connectivity index is 1.63. The SMILES string of the molecule is CO[C@H]1CC[C@](OC)(c2cc(F)cc(OCc3ccc(N(C)C(=O)NCCCN)cc3)c2)CC1. The Labute approximate surface area is 201 Å². The molecule has 0 radical (unpaired) electrons. The average Bonchev–Trinajstić information content (AvgIpc) is 2.87. The van der Waals surface area contributed by atoms with Crippen LogP contribution < -0.4 is 20.7 Å². The van der Waals surface area contributed by atoms with Crippen molar-refractivity contribution in [3.63, 3.8) is 0 Å². The number of benzene rings is 2. The van der Waals surface area contributed by atoms with E-state index in [1.54, 1.807) is 26.2 Å². The number of hydrogen-bond acceptors (Lipinski definition) is 5. The minimum atomic E-state index is -0.536. The van der Waals surface area contributed by atoms with E-state index in [1.165, 1.54) is 12.1 Å². The van der Waals surface area contributed by atoms with Crippen LogP contribution in [-0.4, -0.2) is 46.5 Å². The number of halogens is 1. The van der Waals surface area contributed by atoms with Crippen LogP contribution in [0.5, 0.6) is 5.75 Å². The van der Waals surface area contributed by atoms with Gasteiger partial charge in [0.1, 0.15) is 18.2 Å². The summed E-state index contributed by atoms with van der Waals surface area (Å²) in [5.41, 5.74) is 7.38. The van der Waals surface area contributed by atoms with Crippen molar-refractivity contribution in [1.82, 2.24) is 5.32 Å². The molecule has 1 fully saturated rings. The van der Waals surface area contributed by atoms with Gasteiger partial charge in [-0.1, -0.05) is 12.1 Å². The van der Waals surface area contributed by atoms with E-state index >= 15 is 0 Å². The maximum atomic E-state index is 14.5. The summed E-state index contributed by atoms with van der Waals surface area (Å²) in [6.45, 7) is 1.35. The molecule has 3 N–H and O–H groups in total. The fraction of sp³-hybridized carbons (Fsp3) is 0.500. The van der Waals surface area contributed by atoms with Crippen LogP contribution in [0.25, 0.3) is 0 Å². The smallest absolute Gasteiger partial charge is 0.321 e. The molecule has 0 unspecified atom stereocenters. The molecule has 0 atom stereocenters. The fourth-order valence-corrected chi connectivity index (χ4v) is 4.33. The molecule has 0 heterocycles. The van der Waals surface area contributed by atoms with Crippen molar-refractivity contribution in [2.45, 2.75) is 50.4 Å². The van der Waals surface area contributed by atoms with E-state index in [1.807, 2.05) is 30.3 Å². The second kappa shape index (κ2) is 12.1. The second-order valence-corrected chi connectivity index (χ2v) is 8.70. The molecule has 34 heavy (non-hydrogen) atoms. The van der Waals surface area contributed by atoms with E-state index in [0.29, 0.717) is 18.8 Å². The number of nitrogens with zero attached hydrogens (tertiary/aromatic N) is 1. The zero-order valence-corrected chi connectivity index (χ0v) is 20.3. The van der Waals surface area contributed by atoms with Gasteiger partial charge in [0.25, 0.3) is 0 Å². The highest BCUT2D eigenvalue weighted by Crippen LogP contribution is 2.42. The molecule has 7 nitrogen and oxygen atoms in total. The van der Waals surface area contributed by atoms with Crippen molar-refractivity contribution in [3.05, 3.63) is 59.4 Å². The molecule has 2 aromatic carbocycles. The summed E-state index contributed by atoms with van der Waals surface area (Å²) in [5, 5.41) is 2.82. The Morgan fingerprint density at radius 3 is 2.50 bits per heavy atom. The molecule has 1 aliphatic carbocycles. The second-order valence-electron chi connectivity index (χ2n) is 8.70. The highest BCUT2D eigenvalue weighted by Gasteiger charge is 2.37. The molecule has 8 heteroatoms. The van der Waals surface area contributed by atoms with Gasteiger partial charge in [0, 0.05) is 39.6 Å². The number of carbonyl (C=O) groups excluding carboxylic acids is 1. The maximum Gasteiger partial charge on any atom is 0.321 e. The van der Waals surface area contributed by atoms with Gasteiger partial charge in [-0.2, -0.15) is 0 Å². The van der Waals surface area contributed by atoms with Gasteiger partial charge in [0.2, 0.25) is 0 Å². The molecule has 0 aromatic heterocycles. The van der Waals surface area contributed by atoms with E-state index in [9.17, 15) is 9.18 Å². The summed E-state index contributed by atoms with van der Waals surface area (Å²) in [6, 6.07) is 12.1. The number of rotatable bonds is 10. The third kappa shape index (κ3) is 6.46. The van der Waals surface area contributed by atoms with Crippen molar-refractivity contribution in [3.8, 4) is 5.75 Å². The third-order valence-corrected chi connectivity index (χ3v) is 6.55. The van der Waals surface area contributed by atoms with Crippen LogP contribution in [0.1, 0.15) is 43.2 Å². The number of anilines is 1. The van der Waals surface area contributed by atoms with Crippen LogP contribution in [0.2, 0.25) is 0 Å². The first-order valence-corrected chi connectivity index (χ1v) is 11.7. The third-order valence-electron chi connectivity index (χ3n) is 6.55. The average molecular weight is 474 g/mol. The van der Waals surface area contributed by atoms with Gasteiger partial charge in [-0.3, -0.25) is 4.90 Å². The van der Waals surface area contributed by atoms with Crippen LogP contribution in [0, 0.1) is 5.82 Å². The van der Waals surface area contributed by atoms with E-state index in [4.69, 9.17) is 19.9 Å². The zero-order chi connectivity index (χ0) is 24.6. The lowest BCUT2D eigenvalue weighted by Crippen LogP contribution is -2.38. The Morgan fingerprint density at radius 1 is 1.18 bits per heavy atom. The number of carbonyl (C=O) groups is 1. The predicted molar refractivity (Wildman–Crippen MR) is 131 cm³/mol. The summed E-state index contributed by atoms with van der Waals surface area (Å²) < 4.78 is 31.8. The molecule has 3 rings (SSSR count). The quantitative estimate of drug-likeness (QED) is 0.502. The predicted octanol–water partition coefficient (Wildman–Crippen LogP) is 4.33. The van der Waals surface area contributed by atoms with E-state index in [2.05, 4.69) is 5.32 Å². The summed E-state index contributed by atoms with van der Waals surface area (Å²) in [5.74, 6) is 0.108. The highest BCUT2D eigenvalue weighted by molar-refractivity contribution is 5.91. The number of ether oxygens (including phenoxy) is 3. The van der Waals surface area contributed by atoms with Crippen molar-refractivity contribution >= 4 is 11.7 Å². The van der Waals surface area contributed by atoms with Crippen LogP contribution >= 0.6 is 0 Å². The summed E-state index contributed by atoms with van der Waals surface area (Å²) in [4.78, 5) is 13.7. The number of methoxy groups -OCH3 is 2. The van der Waals surface area contributed by atoms with Crippen molar-refractivity contribution in [1.29, 1.82) is 0 Å². The van der Waals surface area contributed by atoms with Gasteiger partial charge in [-0.25, -0.2) is 9.18 Å². The number of nitrogens with two attached hydrogens (primary N) is 1. The van der Waals surface area contributed by atoms with Gasteiger partial charge < -0.3 is 25.3 Å². The lowest BCUT2D eigenvalue weighted by molar-refractivity contribution is -0.0764. The molecule has 0 spiro atoms. The molecule has 186 valence electrons. The molecule has 0 saturated heterocycles. The van der Waals surface area contributed by atoms with Gasteiger partial charge in [-0.15, -0.1) is 0 Å². The molecule has 2 amide bonds. The molecular weight excluding hydrogens is 437 g/mol. The number of hydrogen-bond donors (Lipinski definition) is 2. The maximum absolute atomic E-state index is 14.5. The summed E-state index contributed by atoms with van der Waals surface area (Å²) in [7, 11) is 5.11. The fourth-order valence-electron chi connectivity index (χ4n) is 4.33. The lowest BCUT2D eigenvalue weighted by atomic mass is 9.78. The topological polar surface area (TPSA) is 86.0 Å². The van der Waals surface area contributed by atoms with E-state index in [-0.39, 0.29) is 24.6 Å². The largest absolute Gasteiger partial charge is 0.489 e. The van der Waals surface area contributed by atoms with E-state index < -0.39 is 5.60 Å². The number of amides is 2. The van der Waals surface area contributed by atoms with Gasteiger partial charge >= 0.3 is 6.03 Å². The monoisotopic (exact) mass is 473 g/mol. The molecular formula is C26H36FN3O4. The standard InChI is InChI=1S/C26H36FN3O4/c1-30(25(31)29-14-4-13-28)22-7-5-19(6-8-22)18-34-24-16-20(15-21(27)17-24)26(33-3)11-9-23(32-2)10-12-26/h5-8,15-17,23H,4,9-14,18,28H2,1-3H3,(H,29,31)/t23-,26+. The highest BCUT2D eigenvalue weighted by atomic mass is 19.1. The summed E-state index contributed by atoms with van der Waals surface area (Å²) in [6.07, 6.45) is 4.20. The number of nitrogens with one attached hydrogen (secondary N) is 1. The summed E-state index contributed by atoms with van der Waals surface area (Å²) >= 11 is 0. The van der Waals surface area contributed by atoms with Crippen molar-refractivity contribution < 1.29 is 23.4 Å². The van der Waals surface area contributed by atoms with Crippen LogP contribution in [0.4, 0.5) is 14.9 Å². The van der Waals surface area contributed by atoms with Gasteiger partial charge in [-0.05, 0) is 74.0 Å². The van der Waals surface area contributed by atoms with Crippen LogP contribution in [-0.2, 0) is 21.7 Å². The van der Waals surface area contributed by atoms with E-state index in [0.717, 1.165) is 48.9 Å². The van der Waals surface area contributed by atoms with Crippen LogP contribution in [0.3, 0.4) is 0 Å². The first-order valence-electron chi connectivity index (χ1n) is 11.7. The molecule has 1 saturated carbocycles. The van der Waals surface area contributed by atoms with Crippen LogP contribution in [0.15, 0.2) is 42.5 Å². The number of urea groups is 1. The minimum Gasteiger partial charge on any atom is -0.489 e. The first kappa shape index (κ1) is 25.9. The molecule has 2 aromatic rings. The first-order chi connectivity index (χ1) is 16.4. The normalized spacial score (nSPS) is 20.1. The molecule has 0 aliphatic heterocycles. The lowest BCUT2D eigenvalue weighted by Gasteiger charge is -2.39. The molecule has 0 bridgehead atoms. The van der Waals surface area contributed by atoms with Crippen molar-refractivity contribution in [2.24, 2.45) is 5.73 Å². The Bertz CT molecular complexity index is 930. The Morgan fingerprint density at radius 2 is 1.88 bits per heavy atom. The van der Waals surface area contributed by atoms with Gasteiger partial charge in [0.05, 0.1) is 11.7 Å². The Kier molecular flexibility index (Phi) is 9.27. The zero-order valence-electron chi connectivity index (χ0n) is 20.3. The van der Waals surface area contributed by atoms with Crippen molar-refractivity contribution in [2.75, 3.05) is 39.3 Å². The Hall–Kier alpha value is -2.68.